The molecule has 7 nitrogen and oxygen atoms in total. The van der Waals surface area contributed by atoms with Crippen molar-refractivity contribution in [1.82, 2.24) is 19.6 Å². The SMILES string of the molecule is Cc1ccn(C(C)C2=NN(c3ccn(Cc4cccc(F)c4F)n3)C(N)S2)n1. The van der Waals surface area contributed by atoms with Crippen molar-refractivity contribution in [2.75, 3.05) is 5.01 Å². The standard InChI is InChI=1S/C18H19F2N7S/c1-11-6-9-26(22-11)12(2)17-24-27(18(21)28-17)15-7-8-25(23-15)10-13-4-3-5-14(19)16(13)20/h3-9,12,18H,10,21H2,1-2H3. The van der Waals surface area contributed by atoms with E-state index in [0.29, 0.717) is 5.82 Å². The Bertz CT molecular complexity index is 1030. The molecule has 2 unspecified atom stereocenters. The summed E-state index contributed by atoms with van der Waals surface area (Å²) in [6.45, 7) is 4.04. The van der Waals surface area contributed by atoms with Gasteiger partial charge in [0.15, 0.2) is 23.0 Å². The predicted molar refractivity (Wildman–Crippen MR) is 105 cm³/mol. The van der Waals surface area contributed by atoms with Crippen LogP contribution in [-0.2, 0) is 6.54 Å². The summed E-state index contributed by atoms with van der Waals surface area (Å²) < 4.78 is 30.6. The number of hydrogen-bond donors (Lipinski definition) is 1. The molecule has 4 rings (SSSR count). The van der Waals surface area contributed by atoms with Crippen molar-refractivity contribution in [3.8, 4) is 0 Å². The topological polar surface area (TPSA) is 77.3 Å². The largest absolute Gasteiger partial charge is 0.301 e. The van der Waals surface area contributed by atoms with Crippen LogP contribution in [0.2, 0.25) is 0 Å². The molecule has 0 spiro atoms. The summed E-state index contributed by atoms with van der Waals surface area (Å²) in [6.07, 6.45) is 3.59. The number of benzene rings is 1. The summed E-state index contributed by atoms with van der Waals surface area (Å²) in [4.78, 5) is 0. The second-order valence-electron chi connectivity index (χ2n) is 6.49. The van der Waals surface area contributed by atoms with E-state index in [4.69, 9.17) is 5.73 Å². The van der Waals surface area contributed by atoms with Crippen LogP contribution in [0, 0.1) is 18.6 Å². The zero-order chi connectivity index (χ0) is 19.8. The molecule has 0 saturated carbocycles. The van der Waals surface area contributed by atoms with Gasteiger partial charge in [-0.1, -0.05) is 23.9 Å². The molecule has 0 aliphatic carbocycles. The fourth-order valence-corrected chi connectivity index (χ4v) is 3.83. The molecule has 2 atom stereocenters. The molecule has 10 heteroatoms. The van der Waals surface area contributed by atoms with Gasteiger partial charge in [-0.2, -0.15) is 15.3 Å². The van der Waals surface area contributed by atoms with Crippen molar-refractivity contribution < 1.29 is 8.78 Å². The van der Waals surface area contributed by atoms with Gasteiger partial charge in [0.1, 0.15) is 5.04 Å². The Morgan fingerprint density at radius 1 is 1.18 bits per heavy atom. The van der Waals surface area contributed by atoms with Crippen LogP contribution in [-0.4, -0.2) is 30.1 Å². The van der Waals surface area contributed by atoms with E-state index in [-0.39, 0.29) is 18.2 Å². The average molecular weight is 403 g/mol. The van der Waals surface area contributed by atoms with Gasteiger partial charge in [-0.3, -0.25) is 9.36 Å². The predicted octanol–water partition coefficient (Wildman–Crippen LogP) is 3.08. The molecular formula is C18H19F2N7S. The molecule has 0 fully saturated rings. The molecule has 0 amide bonds. The third-order valence-electron chi connectivity index (χ3n) is 4.41. The van der Waals surface area contributed by atoms with Crippen molar-refractivity contribution >= 4 is 22.6 Å². The first-order valence-electron chi connectivity index (χ1n) is 8.70. The van der Waals surface area contributed by atoms with Gasteiger partial charge in [-0.25, -0.2) is 13.8 Å². The van der Waals surface area contributed by atoms with E-state index in [0.717, 1.165) is 16.8 Å². The number of anilines is 1. The number of rotatable bonds is 5. The Balaban J connectivity index is 1.53. The first kappa shape index (κ1) is 18.6. The van der Waals surface area contributed by atoms with Crippen LogP contribution >= 0.6 is 11.8 Å². The number of aryl methyl sites for hydroxylation is 1. The Hall–Kier alpha value is -2.72. The summed E-state index contributed by atoms with van der Waals surface area (Å²) in [5, 5.41) is 15.9. The van der Waals surface area contributed by atoms with Crippen LogP contribution in [0.25, 0.3) is 0 Å². The van der Waals surface area contributed by atoms with Crippen molar-refractivity contribution in [3.05, 3.63) is 65.6 Å². The lowest BCUT2D eigenvalue weighted by atomic mass is 10.2. The van der Waals surface area contributed by atoms with Crippen LogP contribution in [0.5, 0.6) is 0 Å². The van der Waals surface area contributed by atoms with Gasteiger partial charge in [0.2, 0.25) is 0 Å². The van der Waals surface area contributed by atoms with Gasteiger partial charge in [0.05, 0.1) is 18.3 Å². The Kier molecular flexibility index (Phi) is 4.90. The van der Waals surface area contributed by atoms with E-state index in [9.17, 15) is 8.78 Å². The Labute approximate surface area is 164 Å². The summed E-state index contributed by atoms with van der Waals surface area (Å²) in [5.74, 6) is -1.20. The van der Waals surface area contributed by atoms with Crippen molar-refractivity contribution in [3.63, 3.8) is 0 Å². The lowest BCUT2D eigenvalue weighted by Gasteiger charge is -2.15. The number of halogens is 2. The first-order valence-corrected chi connectivity index (χ1v) is 9.58. The van der Waals surface area contributed by atoms with Crippen LogP contribution in [0.4, 0.5) is 14.6 Å². The normalized spacial score (nSPS) is 17.8. The van der Waals surface area contributed by atoms with E-state index in [1.54, 1.807) is 17.3 Å². The van der Waals surface area contributed by atoms with Gasteiger partial charge < -0.3 is 5.73 Å². The van der Waals surface area contributed by atoms with Gasteiger partial charge in [-0.05, 0) is 26.0 Å². The molecular weight excluding hydrogens is 384 g/mol. The smallest absolute Gasteiger partial charge is 0.173 e. The molecule has 1 aliphatic rings. The highest BCUT2D eigenvalue weighted by molar-refractivity contribution is 8.14. The number of hydrazone groups is 1. The Morgan fingerprint density at radius 3 is 2.75 bits per heavy atom. The molecule has 28 heavy (non-hydrogen) atoms. The molecule has 2 aromatic heterocycles. The molecule has 0 saturated heterocycles. The molecule has 3 heterocycles. The van der Waals surface area contributed by atoms with E-state index < -0.39 is 17.1 Å². The molecule has 1 aliphatic heterocycles. The van der Waals surface area contributed by atoms with Gasteiger partial charge in [-0.15, -0.1) is 0 Å². The summed E-state index contributed by atoms with van der Waals surface area (Å²) in [6, 6.07) is 7.71. The maximum Gasteiger partial charge on any atom is 0.173 e. The van der Waals surface area contributed by atoms with E-state index in [2.05, 4.69) is 15.3 Å². The molecule has 146 valence electrons. The zero-order valence-corrected chi connectivity index (χ0v) is 16.1. The number of thioether (sulfide) groups is 1. The molecule has 0 radical (unpaired) electrons. The number of aromatic nitrogens is 4. The van der Waals surface area contributed by atoms with Gasteiger partial charge in [0.25, 0.3) is 0 Å². The third-order valence-corrected chi connectivity index (χ3v) is 5.52. The number of nitrogens with zero attached hydrogens (tertiary/aromatic N) is 6. The lowest BCUT2D eigenvalue weighted by Crippen LogP contribution is -2.32. The van der Waals surface area contributed by atoms with Crippen LogP contribution in [0.3, 0.4) is 0 Å². The molecule has 3 aromatic rings. The van der Waals surface area contributed by atoms with Crippen LogP contribution < -0.4 is 10.7 Å². The highest BCUT2D eigenvalue weighted by Gasteiger charge is 2.30. The van der Waals surface area contributed by atoms with Crippen molar-refractivity contribution in [2.45, 2.75) is 31.9 Å². The second kappa shape index (κ2) is 7.36. The zero-order valence-electron chi connectivity index (χ0n) is 15.3. The lowest BCUT2D eigenvalue weighted by molar-refractivity contribution is 0.492. The second-order valence-corrected chi connectivity index (χ2v) is 7.63. The van der Waals surface area contributed by atoms with Gasteiger partial charge >= 0.3 is 0 Å². The molecule has 1 aromatic carbocycles. The maximum absolute atomic E-state index is 13.9. The fourth-order valence-electron chi connectivity index (χ4n) is 2.89. The molecule has 2 N–H and O–H groups in total. The minimum atomic E-state index is -0.875. The highest BCUT2D eigenvalue weighted by Crippen LogP contribution is 2.32. The van der Waals surface area contributed by atoms with E-state index in [1.165, 1.54) is 28.6 Å². The summed E-state index contributed by atoms with van der Waals surface area (Å²) in [5.41, 5.74) is 6.94. The number of nitrogens with two attached hydrogens (primary N) is 1. The van der Waals surface area contributed by atoms with Crippen molar-refractivity contribution in [2.24, 2.45) is 10.8 Å². The monoisotopic (exact) mass is 403 g/mol. The maximum atomic E-state index is 13.9. The third kappa shape index (κ3) is 3.52. The quantitative estimate of drug-likeness (QED) is 0.708. The van der Waals surface area contributed by atoms with Crippen LogP contribution in [0.15, 0.2) is 47.8 Å². The average Bonchev–Trinajstić information content (AvgIpc) is 3.38. The van der Waals surface area contributed by atoms with E-state index >= 15 is 0 Å². The fraction of sp³-hybridized carbons (Fsp3) is 0.278. The Morgan fingerprint density at radius 2 is 2.00 bits per heavy atom. The molecule has 0 bridgehead atoms. The summed E-state index contributed by atoms with van der Waals surface area (Å²) >= 11 is 1.43. The highest BCUT2D eigenvalue weighted by atomic mass is 32.2. The first-order chi connectivity index (χ1) is 13.4. The minimum Gasteiger partial charge on any atom is -0.301 e. The van der Waals surface area contributed by atoms with Crippen molar-refractivity contribution in [1.29, 1.82) is 0 Å². The van der Waals surface area contributed by atoms with Gasteiger partial charge in [0, 0.05) is 24.0 Å². The minimum absolute atomic E-state index is 0.0572. The summed E-state index contributed by atoms with van der Waals surface area (Å²) in [7, 11) is 0. The number of hydrogen-bond acceptors (Lipinski definition) is 6. The van der Waals surface area contributed by atoms with Crippen LogP contribution in [0.1, 0.15) is 24.2 Å². The van der Waals surface area contributed by atoms with E-state index in [1.807, 2.05) is 30.8 Å².